The Morgan fingerprint density at radius 1 is 1.45 bits per heavy atom. The molecule has 7 nitrogen and oxygen atoms in total. The Morgan fingerprint density at radius 3 is 2.85 bits per heavy atom. The molecular formula is C13H14N6O. The fourth-order valence-corrected chi connectivity index (χ4v) is 1.61. The molecule has 1 aromatic heterocycles. The van der Waals surface area contributed by atoms with Crippen LogP contribution in [-0.2, 0) is 11.3 Å². The number of carbonyl (C=O) groups excluding carboxylic acids is 1. The molecule has 1 atom stereocenters. The van der Waals surface area contributed by atoms with E-state index in [0.29, 0.717) is 12.2 Å². The minimum Gasteiger partial charge on any atom is -0.339 e. The monoisotopic (exact) mass is 270 g/mol. The quantitative estimate of drug-likeness (QED) is 0.865. The molecule has 0 spiro atoms. The number of nitriles is 1. The maximum Gasteiger partial charge on any atom is 0.244 e. The third-order valence-corrected chi connectivity index (χ3v) is 2.67. The van der Waals surface area contributed by atoms with E-state index < -0.39 is 6.04 Å². The van der Waals surface area contributed by atoms with Crippen molar-refractivity contribution in [2.45, 2.75) is 25.9 Å². The fourth-order valence-electron chi connectivity index (χ4n) is 1.61. The Morgan fingerprint density at radius 2 is 2.20 bits per heavy atom. The smallest absolute Gasteiger partial charge is 0.244 e. The molecule has 0 saturated heterocycles. The number of rotatable bonds is 5. The second-order valence-electron chi connectivity index (χ2n) is 4.17. The van der Waals surface area contributed by atoms with Gasteiger partial charge < -0.3 is 5.32 Å². The van der Waals surface area contributed by atoms with E-state index in [4.69, 9.17) is 5.26 Å². The Hall–Kier alpha value is -2.75. The lowest BCUT2D eigenvalue weighted by molar-refractivity contribution is -0.122. The first kappa shape index (κ1) is 13.7. The predicted molar refractivity (Wildman–Crippen MR) is 71.1 cm³/mol. The first-order chi connectivity index (χ1) is 9.72. The van der Waals surface area contributed by atoms with Gasteiger partial charge in [-0.15, -0.1) is 10.2 Å². The number of amides is 1. The number of benzene rings is 1. The van der Waals surface area contributed by atoms with E-state index in [1.165, 1.54) is 4.80 Å². The summed E-state index contributed by atoms with van der Waals surface area (Å²) >= 11 is 0. The normalized spacial score (nSPS) is 11.6. The SMILES string of the molecule is CC[C@H](C#N)NC(=O)Cn1nnc(-c2ccccc2)n1. The van der Waals surface area contributed by atoms with Gasteiger partial charge in [-0.1, -0.05) is 37.3 Å². The molecule has 102 valence electrons. The Kier molecular flexibility index (Phi) is 4.39. The standard InChI is InChI=1S/C13H14N6O/c1-2-11(8-14)15-12(20)9-19-17-13(16-18-19)10-6-4-3-5-7-10/h3-7,11H,2,9H2,1H3,(H,15,20)/t11-/m1/s1. The van der Waals surface area contributed by atoms with E-state index >= 15 is 0 Å². The summed E-state index contributed by atoms with van der Waals surface area (Å²) in [6, 6.07) is 10.9. The highest BCUT2D eigenvalue weighted by atomic mass is 16.2. The van der Waals surface area contributed by atoms with Crippen molar-refractivity contribution in [2.24, 2.45) is 0 Å². The average Bonchev–Trinajstić information content (AvgIpc) is 2.94. The first-order valence-corrected chi connectivity index (χ1v) is 6.25. The number of hydrogen-bond acceptors (Lipinski definition) is 5. The molecule has 0 unspecified atom stereocenters. The van der Waals surface area contributed by atoms with Gasteiger partial charge in [0.1, 0.15) is 12.6 Å². The van der Waals surface area contributed by atoms with E-state index in [-0.39, 0.29) is 12.5 Å². The summed E-state index contributed by atoms with van der Waals surface area (Å²) in [5.41, 5.74) is 0.836. The lowest BCUT2D eigenvalue weighted by Crippen LogP contribution is -2.36. The highest BCUT2D eigenvalue weighted by Crippen LogP contribution is 2.11. The van der Waals surface area contributed by atoms with E-state index in [0.717, 1.165) is 5.56 Å². The van der Waals surface area contributed by atoms with E-state index in [9.17, 15) is 4.79 Å². The zero-order valence-corrected chi connectivity index (χ0v) is 11.0. The summed E-state index contributed by atoms with van der Waals surface area (Å²) in [6.45, 7) is 1.77. The number of carbonyl (C=O) groups is 1. The molecule has 0 radical (unpaired) electrons. The Balaban J connectivity index is 2.00. The zero-order valence-electron chi connectivity index (χ0n) is 11.0. The number of nitrogens with zero attached hydrogens (tertiary/aromatic N) is 5. The van der Waals surface area contributed by atoms with Gasteiger partial charge in [0, 0.05) is 5.56 Å². The van der Waals surface area contributed by atoms with Gasteiger partial charge in [0.2, 0.25) is 11.7 Å². The molecule has 0 aliphatic carbocycles. The lowest BCUT2D eigenvalue weighted by Gasteiger charge is -2.07. The van der Waals surface area contributed by atoms with Gasteiger partial charge in [0.15, 0.2) is 0 Å². The molecule has 2 rings (SSSR count). The van der Waals surface area contributed by atoms with Crippen LogP contribution in [-0.4, -0.2) is 32.2 Å². The van der Waals surface area contributed by atoms with Crippen molar-refractivity contribution in [3.05, 3.63) is 30.3 Å². The number of aromatic nitrogens is 4. The van der Waals surface area contributed by atoms with Gasteiger partial charge in [-0.2, -0.15) is 10.1 Å². The molecule has 1 heterocycles. The van der Waals surface area contributed by atoms with E-state index in [1.54, 1.807) is 0 Å². The van der Waals surface area contributed by atoms with Gasteiger partial charge in [-0.3, -0.25) is 4.79 Å². The van der Waals surface area contributed by atoms with Crippen LogP contribution in [0, 0.1) is 11.3 Å². The molecule has 0 fully saturated rings. The second-order valence-corrected chi connectivity index (χ2v) is 4.17. The predicted octanol–water partition coefficient (Wildman–Crippen LogP) is 0.758. The minimum absolute atomic E-state index is 0.0575. The van der Waals surface area contributed by atoms with Crippen molar-refractivity contribution in [3.8, 4) is 17.5 Å². The first-order valence-electron chi connectivity index (χ1n) is 6.25. The van der Waals surface area contributed by atoms with Crippen LogP contribution in [0.2, 0.25) is 0 Å². The van der Waals surface area contributed by atoms with Gasteiger partial charge >= 0.3 is 0 Å². The largest absolute Gasteiger partial charge is 0.339 e. The summed E-state index contributed by atoms with van der Waals surface area (Å²) < 4.78 is 0. The molecular weight excluding hydrogens is 256 g/mol. The van der Waals surface area contributed by atoms with Crippen molar-refractivity contribution in [2.75, 3.05) is 0 Å². The van der Waals surface area contributed by atoms with Crippen molar-refractivity contribution in [3.63, 3.8) is 0 Å². The van der Waals surface area contributed by atoms with Crippen LogP contribution >= 0.6 is 0 Å². The topological polar surface area (TPSA) is 96.5 Å². The van der Waals surface area contributed by atoms with Gasteiger partial charge in [-0.25, -0.2) is 0 Å². The van der Waals surface area contributed by atoms with Crippen molar-refractivity contribution in [1.82, 2.24) is 25.5 Å². The molecule has 1 aromatic carbocycles. The highest BCUT2D eigenvalue weighted by molar-refractivity contribution is 5.76. The van der Waals surface area contributed by atoms with Crippen LogP contribution in [0.1, 0.15) is 13.3 Å². The number of nitrogens with one attached hydrogen (secondary N) is 1. The van der Waals surface area contributed by atoms with Crippen LogP contribution in [0.15, 0.2) is 30.3 Å². The molecule has 1 N–H and O–H groups in total. The Labute approximate surface area is 116 Å². The zero-order chi connectivity index (χ0) is 14.4. The average molecular weight is 270 g/mol. The summed E-state index contributed by atoms with van der Waals surface area (Å²) in [6.07, 6.45) is 0.558. The molecule has 1 amide bonds. The summed E-state index contributed by atoms with van der Waals surface area (Å²) in [4.78, 5) is 12.9. The third kappa shape index (κ3) is 3.38. The van der Waals surface area contributed by atoms with Crippen molar-refractivity contribution >= 4 is 5.91 Å². The fraction of sp³-hybridized carbons (Fsp3) is 0.308. The van der Waals surface area contributed by atoms with E-state index in [2.05, 4.69) is 20.7 Å². The molecule has 20 heavy (non-hydrogen) atoms. The lowest BCUT2D eigenvalue weighted by atomic mass is 10.2. The molecule has 0 aliphatic rings. The summed E-state index contributed by atoms with van der Waals surface area (Å²) in [5.74, 6) is 0.154. The van der Waals surface area contributed by atoms with Crippen LogP contribution in [0.25, 0.3) is 11.4 Å². The van der Waals surface area contributed by atoms with Crippen molar-refractivity contribution in [1.29, 1.82) is 5.26 Å². The highest BCUT2D eigenvalue weighted by Gasteiger charge is 2.12. The molecule has 0 saturated carbocycles. The minimum atomic E-state index is -0.486. The molecule has 0 aliphatic heterocycles. The van der Waals surface area contributed by atoms with Crippen LogP contribution in [0.4, 0.5) is 0 Å². The van der Waals surface area contributed by atoms with Crippen LogP contribution in [0.5, 0.6) is 0 Å². The second kappa shape index (κ2) is 6.43. The van der Waals surface area contributed by atoms with Crippen LogP contribution < -0.4 is 5.32 Å². The molecule has 7 heteroatoms. The third-order valence-electron chi connectivity index (χ3n) is 2.67. The number of tetrazole rings is 1. The van der Waals surface area contributed by atoms with Gasteiger partial charge in [-0.05, 0) is 11.6 Å². The number of hydrogen-bond donors (Lipinski definition) is 1. The molecule has 0 bridgehead atoms. The Bertz CT molecular complexity index is 615. The summed E-state index contributed by atoms with van der Waals surface area (Å²) in [7, 11) is 0. The molecule has 2 aromatic rings. The maximum atomic E-state index is 11.7. The van der Waals surface area contributed by atoms with Crippen molar-refractivity contribution < 1.29 is 4.79 Å². The maximum absolute atomic E-state index is 11.7. The van der Waals surface area contributed by atoms with Crippen LogP contribution in [0.3, 0.4) is 0 Å². The van der Waals surface area contributed by atoms with Gasteiger partial charge in [0.25, 0.3) is 0 Å². The summed E-state index contributed by atoms with van der Waals surface area (Å²) in [5, 5.41) is 23.2. The van der Waals surface area contributed by atoms with E-state index in [1.807, 2.05) is 43.3 Å². The van der Waals surface area contributed by atoms with Gasteiger partial charge in [0.05, 0.1) is 6.07 Å².